The Hall–Kier alpha value is -3.68. The van der Waals surface area contributed by atoms with Crippen LogP contribution in [0.2, 0.25) is 0 Å². The van der Waals surface area contributed by atoms with Crippen LogP contribution in [0.5, 0.6) is 5.75 Å². The first kappa shape index (κ1) is 24.4. The van der Waals surface area contributed by atoms with Crippen molar-refractivity contribution in [2.45, 2.75) is 6.04 Å². The zero-order valence-electron chi connectivity index (χ0n) is 19.9. The van der Waals surface area contributed by atoms with Crippen molar-refractivity contribution in [3.05, 3.63) is 90.0 Å². The topological polar surface area (TPSA) is 79.9 Å². The molecule has 0 unspecified atom stereocenters. The summed E-state index contributed by atoms with van der Waals surface area (Å²) in [4.78, 5) is 27.4. The number of ether oxygens (including phenoxy) is 2. The average Bonchev–Trinajstić information content (AvgIpc) is 2.93. The van der Waals surface area contributed by atoms with Gasteiger partial charge in [-0.15, -0.1) is 0 Å². The van der Waals surface area contributed by atoms with Crippen LogP contribution in [0.4, 0.5) is 0 Å². The summed E-state index contributed by atoms with van der Waals surface area (Å²) in [6.45, 7) is 3.27. The summed E-state index contributed by atoms with van der Waals surface area (Å²) in [5, 5.41) is 5.69. The van der Waals surface area contributed by atoms with E-state index < -0.39 is 0 Å². The molecule has 0 radical (unpaired) electrons. The maximum atomic E-state index is 12.5. The van der Waals surface area contributed by atoms with E-state index in [2.05, 4.69) is 15.5 Å². The largest absolute Gasteiger partial charge is 0.497 e. The van der Waals surface area contributed by atoms with Gasteiger partial charge in [-0.2, -0.15) is 0 Å². The second-order valence-corrected chi connectivity index (χ2v) is 8.37. The van der Waals surface area contributed by atoms with Gasteiger partial charge in [-0.1, -0.05) is 54.6 Å². The molecule has 1 aliphatic rings. The first-order valence-electron chi connectivity index (χ1n) is 11.8. The minimum atomic E-state index is -0.278. The Morgan fingerprint density at radius 1 is 0.886 bits per heavy atom. The number of carbonyl (C=O) groups is 2. The third-order valence-electron chi connectivity index (χ3n) is 6.14. The number of rotatable bonds is 9. The molecule has 0 aromatic heterocycles. The summed E-state index contributed by atoms with van der Waals surface area (Å²) < 4.78 is 10.8. The van der Waals surface area contributed by atoms with Crippen LogP contribution in [-0.4, -0.2) is 63.2 Å². The smallest absolute Gasteiger partial charge is 0.251 e. The molecule has 35 heavy (non-hydrogen) atoms. The van der Waals surface area contributed by atoms with Gasteiger partial charge < -0.3 is 20.1 Å². The molecule has 3 aromatic rings. The van der Waals surface area contributed by atoms with Crippen LogP contribution in [0.3, 0.4) is 0 Å². The molecule has 182 valence electrons. The Kier molecular flexibility index (Phi) is 8.48. The molecule has 2 amide bonds. The lowest BCUT2D eigenvalue weighted by Gasteiger charge is -2.35. The van der Waals surface area contributed by atoms with Crippen molar-refractivity contribution >= 4 is 11.8 Å². The van der Waals surface area contributed by atoms with Gasteiger partial charge in [0.25, 0.3) is 5.91 Å². The Morgan fingerprint density at radius 2 is 1.54 bits per heavy atom. The Bertz CT molecular complexity index is 1100. The molecule has 1 saturated heterocycles. The van der Waals surface area contributed by atoms with E-state index in [1.165, 1.54) is 0 Å². The second-order valence-electron chi connectivity index (χ2n) is 8.37. The zero-order valence-corrected chi connectivity index (χ0v) is 19.9. The van der Waals surface area contributed by atoms with Crippen LogP contribution in [0.15, 0.2) is 78.9 Å². The van der Waals surface area contributed by atoms with E-state index in [1.807, 2.05) is 66.7 Å². The number of benzene rings is 3. The number of morpholine rings is 1. The summed E-state index contributed by atoms with van der Waals surface area (Å²) in [7, 11) is 1.64. The predicted molar refractivity (Wildman–Crippen MR) is 135 cm³/mol. The fraction of sp³-hybridized carbons (Fsp3) is 0.286. The van der Waals surface area contributed by atoms with Crippen LogP contribution < -0.4 is 15.4 Å². The average molecular weight is 474 g/mol. The molecule has 4 rings (SSSR count). The fourth-order valence-electron chi connectivity index (χ4n) is 4.15. The third kappa shape index (κ3) is 6.68. The maximum Gasteiger partial charge on any atom is 0.251 e. The molecular weight excluding hydrogens is 442 g/mol. The number of nitrogens with one attached hydrogen (secondary N) is 2. The lowest BCUT2D eigenvalue weighted by molar-refractivity contribution is -0.120. The van der Waals surface area contributed by atoms with Crippen LogP contribution in [0.1, 0.15) is 22.0 Å². The van der Waals surface area contributed by atoms with Gasteiger partial charge in [0.2, 0.25) is 5.91 Å². The van der Waals surface area contributed by atoms with E-state index in [9.17, 15) is 9.59 Å². The zero-order chi connectivity index (χ0) is 24.5. The summed E-state index contributed by atoms with van der Waals surface area (Å²) in [5.74, 6) is 0.281. The van der Waals surface area contributed by atoms with E-state index in [4.69, 9.17) is 9.47 Å². The molecule has 0 saturated carbocycles. The monoisotopic (exact) mass is 473 g/mol. The van der Waals surface area contributed by atoms with Gasteiger partial charge in [0.1, 0.15) is 5.75 Å². The Balaban J connectivity index is 1.31. The van der Waals surface area contributed by atoms with Gasteiger partial charge in [-0.3, -0.25) is 14.5 Å². The second kappa shape index (κ2) is 12.1. The molecule has 7 nitrogen and oxygen atoms in total. The van der Waals surface area contributed by atoms with Crippen LogP contribution in [-0.2, 0) is 9.53 Å². The van der Waals surface area contributed by atoms with Gasteiger partial charge in [-0.25, -0.2) is 0 Å². The molecule has 2 N–H and O–H groups in total. The van der Waals surface area contributed by atoms with Crippen molar-refractivity contribution in [1.29, 1.82) is 0 Å². The molecule has 0 bridgehead atoms. The number of hydrogen-bond donors (Lipinski definition) is 2. The SMILES string of the molecule is COc1ccc([C@@H](CNC(=O)CNC(=O)c2ccc(-c3ccccc3)cc2)N2CCOCC2)cc1. The number of carbonyl (C=O) groups excluding carboxylic acids is 2. The molecule has 1 heterocycles. The molecule has 1 fully saturated rings. The molecule has 7 heteroatoms. The quantitative estimate of drug-likeness (QED) is 0.499. The minimum Gasteiger partial charge on any atom is -0.497 e. The molecule has 0 aliphatic carbocycles. The number of amides is 2. The molecule has 3 aromatic carbocycles. The fourth-order valence-corrected chi connectivity index (χ4v) is 4.15. The van der Waals surface area contributed by atoms with Crippen LogP contribution in [0.25, 0.3) is 11.1 Å². The van der Waals surface area contributed by atoms with Gasteiger partial charge in [0, 0.05) is 25.2 Å². The van der Waals surface area contributed by atoms with Gasteiger partial charge in [0.05, 0.1) is 32.9 Å². The highest BCUT2D eigenvalue weighted by atomic mass is 16.5. The lowest BCUT2D eigenvalue weighted by atomic mass is 10.0. The van der Waals surface area contributed by atoms with Crippen LogP contribution in [0, 0.1) is 0 Å². The molecule has 1 aliphatic heterocycles. The summed E-state index contributed by atoms with van der Waals surface area (Å²) in [6, 6.07) is 25.2. The summed E-state index contributed by atoms with van der Waals surface area (Å²) >= 11 is 0. The Morgan fingerprint density at radius 3 is 2.20 bits per heavy atom. The first-order chi connectivity index (χ1) is 17.1. The van der Waals surface area contributed by atoms with Crippen molar-refractivity contribution in [3.8, 4) is 16.9 Å². The van der Waals surface area contributed by atoms with Crippen molar-refractivity contribution in [2.24, 2.45) is 0 Å². The van der Waals surface area contributed by atoms with E-state index in [0.29, 0.717) is 25.3 Å². The van der Waals surface area contributed by atoms with E-state index >= 15 is 0 Å². The minimum absolute atomic E-state index is 0.00925. The number of methoxy groups -OCH3 is 1. The van der Waals surface area contributed by atoms with Gasteiger partial charge in [-0.05, 0) is 41.0 Å². The van der Waals surface area contributed by atoms with E-state index in [0.717, 1.165) is 35.5 Å². The Labute approximate surface area is 206 Å². The number of hydrogen-bond acceptors (Lipinski definition) is 5. The standard InChI is InChI=1S/C28H31N3O4/c1-34-25-13-11-23(12-14-25)26(31-15-17-35-18-16-31)19-29-27(32)20-30-28(33)24-9-7-22(8-10-24)21-5-3-2-4-6-21/h2-14,26H,15-20H2,1H3,(H,29,32)(H,30,33)/t26-/m1/s1. The first-order valence-corrected chi connectivity index (χ1v) is 11.8. The highest BCUT2D eigenvalue weighted by Crippen LogP contribution is 2.24. The molecule has 0 spiro atoms. The molecule has 1 atom stereocenters. The van der Waals surface area contributed by atoms with E-state index in [-0.39, 0.29) is 24.4 Å². The lowest BCUT2D eigenvalue weighted by Crippen LogP contribution is -2.45. The van der Waals surface area contributed by atoms with Crippen molar-refractivity contribution in [1.82, 2.24) is 15.5 Å². The predicted octanol–water partition coefficient (Wildman–Crippen LogP) is 3.28. The summed E-state index contributed by atoms with van der Waals surface area (Å²) in [5.41, 5.74) is 3.73. The van der Waals surface area contributed by atoms with Crippen LogP contribution >= 0.6 is 0 Å². The third-order valence-corrected chi connectivity index (χ3v) is 6.14. The van der Waals surface area contributed by atoms with Gasteiger partial charge >= 0.3 is 0 Å². The van der Waals surface area contributed by atoms with Crippen molar-refractivity contribution in [3.63, 3.8) is 0 Å². The van der Waals surface area contributed by atoms with E-state index in [1.54, 1.807) is 19.2 Å². The van der Waals surface area contributed by atoms with Crippen molar-refractivity contribution in [2.75, 3.05) is 46.5 Å². The van der Waals surface area contributed by atoms with Gasteiger partial charge in [0.15, 0.2) is 0 Å². The molecular formula is C28H31N3O4. The highest BCUT2D eigenvalue weighted by Gasteiger charge is 2.23. The summed E-state index contributed by atoms with van der Waals surface area (Å²) in [6.07, 6.45) is 0. The normalized spacial score (nSPS) is 14.7. The number of nitrogens with zero attached hydrogens (tertiary/aromatic N) is 1. The maximum absolute atomic E-state index is 12.5. The van der Waals surface area contributed by atoms with Crippen molar-refractivity contribution < 1.29 is 19.1 Å². The highest BCUT2D eigenvalue weighted by molar-refractivity contribution is 5.96.